The highest BCUT2D eigenvalue weighted by atomic mass is 16.5. The Morgan fingerprint density at radius 2 is 1.57 bits per heavy atom. The summed E-state index contributed by atoms with van der Waals surface area (Å²) in [5, 5.41) is 0. The highest BCUT2D eigenvalue weighted by Crippen LogP contribution is 2.38. The van der Waals surface area contributed by atoms with E-state index in [-0.39, 0.29) is 5.91 Å². The predicted molar refractivity (Wildman–Crippen MR) is 92.1 cm³/mol. The lowest BCUT2D eigenvalue weighted by Gasteiger charge is -2.17. The molecule has 0 heterocycles. The first kappa shape index (κ1) is 18.4. The SMILES string of the molecule is C=CCN(CC=C)C(=O)C=Cc1cc(OC)c(OC)c(OC)c1. The molecular formula is C18H23NO4. The molecule has 0 unspecified atom stereocenters. The number of ether oxygens (including phenoxy) is 3. The van der Waals surface area contributed by atoms with E-state index in [9.17, 15) is 4.79 Å². The molecule has 0 radical (unpaired) electrons. The van der Waals surface area contributed by atoms with E-state index < -0.39 is 0 Å². The molecule has 0 N–H and O–H groups in total. The zero-order valence-electron chi connectivity index (χ0n) is 13.9. The van der Waals surface area contributed by atoms with Crippen molar-refractivity contribution in [3.63, 3.8) is 0 Å². The molecule has 23 heavy (non-hydrogen) atoms. The molecule has 0 bridgehead atoms. The van der Waals surface area contributed by atoms with Crippen LogP contribution in [-0.4, -0.2) is 45.2 Å². The minimum atomic E-state index is -0.126. The van der Waals surface area contributed by atoms with Crippen LogP contribution in [0.5, 0.6) is 17.2 Å². The average Bonchev–Trinajstić information content (AvgIpc) is 2.58. The average molecular weight is 317 g/mol. The van der Waals surface area contributed by atoms with Crippen LogP contribution in [0.2, 0.25) is 0 Å². The lowest BCUT2D eigenvalue weighted by molar-refractivity contribution is -0.124. The first-order valence-corrected chi connectivity index (χ1v) is 7.10. The third kappa shape index (κ3) is 4.92. The number of nitrogens with zero attached hydrogens (tertiary/aromatic N) is 1. The summed E-state index contributed by atoms with van der Waals surface area (Å²) in [5.74, 6) is 1.46. The van der Waals surface area contributed by atoms with Crippen LogP contribution in [-0.2, 0) is 4.79 Å². The molecule has 5 heteroatoms. The Labute approximate surface area is 137 Å². The van der Waals surface area contributed by atoms with Gasteiger partial charge in [0.1, 0.15) is 0 Å². The molecule has 0 aliphatic heterocycles. The Kier molecular flexibility index (Phi) is 7.47. The van der Waals surface area contributed by atoms with Gasteiger partial charge in [-0.2, -0.15) is 0 Å². The Bertz CT molecular complexity index is 558. The van der Waals surface area contributed by atoms with Gasteiger partial charge in [-0.05, 0) is 23.8 Å². The van der Waals surface area contributed by atoms with Gasteiger partial charge in [0.25, 0.3) is 0 Å². The Hall–Kier alpha value is -2.69. The molecule has 0 atom stereocenters. The maximum absolute atomic E-state index is 12.2. The smallest absolute Gasteiger partial charge is 0.247 e. The highest BCUT2D eigenvalue weighted by Gasteiger charge is 2.12. The predicted octanol–water partition coefficient (Wildman–Crippen LogP) is 2.93. The van der Waals surface area contributed by atoms with Gasteiger partial charge in [0.2, 0.25) is 11.7 Å². The number of methoxy groups -OCH3 is 3. The van der Waals surface area contributed by atoms with Gasteiger partial charge in [-0.3, -0.25) is 4.79 Å². The zero-order chi connectivity index (χ0) is 17.2. The van der Waals surface area contributed by atoms with E-state index in [1.165, 1.54) is 6.08 Å². The van der Waals surface area contributed by atoms with Gasteiger partial charge in [-0.1, -0.05) is 12.2 Å². The van der Waals surface area contributed by atoms with Gasteiger partial charge in [0, 0.05) is 19.2 Å². The fourth-order valence-corrected chi connectivity index (χ4v) is 2.04. The molecule has 0 saturated carbocycles. The van der Waals surface area contributed by atoms with Crippen LogP contribution in [0.4, 0.5) is 0 Å². The number of benzene rings is 1. The Morgan fingerprint density at radius 1 is 1.04 bits per heavy atom. The first-order chi connectivity index (χ1) is 11.1. The molecule has 1 rings (SSSR count). The second-order valence-electron chi connectivity index (χ2n) is 4.61. The Morgan fingerprint density at radius 3 is 1.96 bits per heavy atom. The molecule has 124 valence electrons. The number of hydrogen-bond donors (Lipinski definition) is 0. The van der Waals surface area contributed by atoms with Crippen molar-refractivity contribution in [1.82, 2.24) is 4.90 Å². The van der Waals surface area contributed by atoms with Crippen molar-refractivity contribution in [3.05, 3.63) is 49.1 Å². The molecular weight excluding hydrogens is 294 g/mol. The molecule has 1 amide bonds. The van der Waals surface area contributed by atoms with Gasteiger partial charge in [0.05, 0.1) is 21.3 Å². The maximum atomic E-state index is 12.2. The topological polar surface area (TPSA) is 48.0 Å². The number of amides is 1. The van der Waals surface area contributed by atoms with E-state index in [1.54, 1.807) is 56.6 Å². The van der Waals surface area contributed by atoms with Crippen molar-refractivity contribution in [2.24, 2.45) is 0 Å². The maximum Gasteiger partial charge on any atom is 0.247 e. The van der Waals surface area contributed by atoms with Crippen molar-refractivity contribution >= 4 is 12.0 Å². The molecule has 0 aliphatic carbocycles. The van der Waals surface area contributed by atoms with Crippen LogP contribution in [0.15, 0.2) is 43.5 Å². The third-order valence-corrected chi connectivity index (χ3v) is 3.12. The van der Waals surface area contributed by atoms with E-state index in [1.807, 2.05) is 0 Å². The molecule has 1 aromatic rings. The summed E-state index contributed by atoms with van der Waals surface area (Å²) in [6.07, 6.45) is 6.54. The van der Waals surface area contributed by atoms with Crippen molar-refractivity contribution in [2.45, 2.75) is 0 Å². The monoisotopic (exact) mass is 317 g/mol. The molecule has 0 spiro atoms. The number of rotatable bonds is 9. The van der Waals surface area contributed by atoms with E-state index in [0.717, 1.165) is 5.56 Å². The second-order valence-corrected chi connectivity index (χ2v) is 4.61. The van der Waals surface area contributed by atoms with Crippen LogP contribution >= 0.6 is 0 Å². The lowest BCUT2D eigenvalue weighted by atomic mass is 10.1. The van der Waals surface area contributed by atoms with Crippen LogP contribution < -0.4 is 14.2 Å². The number of carbonyl (C=O) groups excluding carboxylic acids is 1. The Balaban J connectivity index is 3.05. The van der Waals surface area contributed by atoms with E-state index >= 15 is 0 Å². The molecule has 0 saturated heterocycles. The van der Waals surface area contributed by atoms with Gasteiger partial charge in [0.15, 0.2) is 11.5 Å². The summed E-state index contributed by atoms with van der Waals surface area (Å²) in [4.78, 5) is 13.8. The van der Waals surface area contributed by atoms with Gasteiger partial charge >= 0.3 is 0 Å². The molecule has 0 fully saturated rings. The van der Waals surface area contributed by atoms with Crippen molar-refractivity contribution < 1.29 is 19.0 Å². The largest absolute Gasteiger partial charge is 0.493 e. The van der Waals surface area contributed by atoms with Gasteiger partial charge in [-0.25, -0.2) is 0 Å². The third-order valence-electron chi connectivity index (χ3n) is 3.12. The van der Waals surface area contributed by atoms with E-state index in [2.05, 4.69) is 13.2 Å². The fourth-order valence-electron chi connectivity index (χ4n) is 2.04. The number of carbonyl (C=O) groups is 1. The zero-order valence-corrected chi connectivity index (χ0v) is 13.9. The number of hydrogen-bond acceptors (Lipinski definition) is 4. The summed E-state index contributed by atoms with van der Waals surface area (Å²) < 4.78 is 15.8. The van der Waals surface area contributed by atoms with Gasteiger partial charge < -0.3 is 19.1 Å². The standard InChI is InChI=1S/C18H23NO4/c1-6-10-19(11-7-2)17(20)9-8-14-12-15(21-3)18(23-5)16(13-14)22-4/h6-9,12-13H,1-2,10-11H2,3-5H3. The van der Waals surface area contributed by atoms with Gasteiger partial charge in [-0.15, -0.1) is 13.2 Å². The first-order valence-electron chi connectivity index (χ1n) is 7.10. The summed E-state index contributed by atoms with van der Waals surface area (Å²) in [5.41, 5.74) is 0.769. The summed E-state index contributed by atoms with van der Waals surface area (Å²) >= 11 is 0. The van der Waals surface area contributed by atoms with Crippen LogP contribution in [0.3, 0.4) is 0 Å². The van der Waals surface area contributed by atoms with Crippen LogP contribution in [0, 0.1) is 0 Å². The minimum absolute atomic E-state index is 0.126. The molecule has 0 aromatic heterocycles. The lowest BCUT2D eigenvalue weighted by Crippen LogP contribution is -2.29. The van der Waals surface area contributed by atoms with E-state index in [0.29, 0.717) is 30.3 Å². The van der Waals surface area contributed by atoms with Crippen LogP contribution in [0.25, 0.3) is 6.08 Å². The normalized spacial score (nSPS) is 10.2. The second kappa shape index (κ2) is 9.35. The quantitative estimate of drug-likeness (QED) is 0.519. The summed E-state index contributed by atoms with van der Waals surface area (Å²) in [7, 11) is 4.64. The molecule has 1 aromatic carbocycles. The summed E-state index contributed by atoms with van der Waals surface area (Å²) in [6, 6.07) is 3.55. The fraction of sp³-hybridized carbons (Fsp3) is 0.278. The van der Waals surface area contributed by atoms with Crippen molar-refractivity contribution in [1.29, 1.82) is 0 Å². The van der Waals surface area contributed by atoms with E-state index in [4.69, 9.17) is 14.2 Å². The van der Waals surface area contributed by atoms with Crippen molar-refractivity contribution in [3.8, 4) is 17.2 Å². The minimum Gasteiger partial charge on any atom is -0.493 e. The summed E-state index contributed by atoms with van der Waals surface area (Å²) in [6.45, 7) is 8.22. The molecule has 0 aliphatic rings. The van der Waals surface area contributed by atoms with Crippen LogP contribution in [0.1, 0.15) is 5.56 Å². The highest BCUT2D eigenvalue weighted by molar-refractivity contribution is 5.92. The van der Waals surface area contributed by atoms with Crippen molar-refractivity contribution in [2.75, 3.05) is 34.4 Å². The molecule has 5 nitrogen and oxygen atoms in total.